The zero-order valence-corrected chi connectivity index (χ0v) is 12.1. The van der Waals surface area contributed by atoms with Crippen molar-refractivity contribution in [1.29, 1.82) is 0 Å². The maximum absolute atomic E-state index is 12.1. The van der Waals surface area contributed by atoms with Crippen molar-refractivity contribution >= 4 is 22.6 Å². The second-order valence-corrected chi connectivity index (χ2v) is 5.35. The van der Waals surface area contributed by atoms with E-state index in [1.54, 1.807) is 6.26 Å². The number of anilines is 1. The number of carbonyl (C=O) groups excluding carboxylic acids is 1. The molecule has 0 saturated carbocycles. The van der Waals surface area contributed by atoms with E-state index in [0.29, 0.717) is 6.42 Å². The number of carbonyl (C=O) groups is 1. The summed E-state index contributed by atoms with van der Waals surface area (Å²) in [5.41, 5.74) is 4.83. The minimum atomic E-state index is -0.0381. The average molecular weight is 279 g/mol. The van der Waals surface area contributed by atoms with Crippen molar-refractivity contribution < 1.29 is 9.21 Å². The summed E-state index contributed by atoms with van der Waals surface area (Å²) in [6, 6.07) is 13.8. The van der Waals surface area contributed by atoms with E-state index in [0.717, 1.165) is 33.3 Å². The van der Waals surface area contributed by atoms with Crippen LogP contribution in [0.4, 0.5) is 5.69 Å². The lowest BCUT2D eigenvalue weighted by Gasteiger charge is -2.05. The maximum atomic E-state index is 12.1. The predicted molar refractivity (Wildman–Crippen MR) is 84.5 cm³/mol. The third kappa shape index (κ3) is 2.97. The standard InChI is InChI=1S/C18H17NO2/c1-12-4-3-5-15(8-12)19-18(20)10-14-11-21-17-9-13(2)6-7-16(14)17/h3-9,11H,10H2,1-2H3,(H,19,20). The largest absolute Gasteiger partial charge is 0.464 e. The highest BCUT2D eigenvalue weighted by Crippen LogP contribution is 2.23. The molecule has 0 bridgehead atoms. The molecular formula is C18H17NO2. The van der Waals surface area contributed by atoms with E-state index in [1.807, 2.05) is 56.3 Å². The SMILES string of the molecule is Cc1cccc(NC(=O)Cc2coc3cc(C)ccc23)c1. The van der Waals surface area contributed by atoms with Crippen molar-refractivity contribution in [3.05, 3.63) is 65.4 Å². The number of benzene rings is 2. The maximum Gasteiger partial charge on any atom is 0.228 e. The van der Waals surface area contributed by atoms with Gasteiger partial charge < -0.3 is 9.73 Å². The lowest BCUT2D eigenvalue weighted by atomic mass is 10.1. The van der Waals surface area contributed by atoms with E-state index in [9.17, 15) is 4.79 Å². The Labute approximate surface area is 123 Å². The Morgan fingerprint density at radius 3 is 2.71 bits per heavy atom. The van der Waals surface area contributed by atoms with Gasteiger partial charge in [-0.15, -0.1) is 0 Å². The van der Waals surface area contributed by atoms with Gasteiger partial charge in [0, 0.05) is 16.6 Å². The molecule has 3 aromatic rings. The molecule has 0 aliphatic rings. The Morgan fingerprint density at radius 2 is 1.90 bits per heavy atom. The summed E-state index contributed by atoms with van der Waals surface area (Å²) in [6.07, 6.45) is 1.98. The van der Waals surface area contributed by atoms with Crippen LogP contribution < -0.4 is 5.32 Å². The lowest BCUT2D eigenvalue weighted by Crippen LogP contribution is -2.14. The van der Waals surface area contributed by atoms with Crippen molar-refractivity contribution in [2.45, 2.75) is 20.3 Å². The van der Waals surface area contributed by atoms with Crippen LogP contribution in [-0.4, -0.2) is 5.91 Å². The first kappa shape index (κ1) is 13.4. The fourth-order valence-electron chi connectivity index (χ4n) is 2.43. The third-order valence-electron chi connectivity index (χ3n) is 3.46. The number of aryl methyl sites for hydroxylation is 2. The van der Waals surface area contributed by atoms with E-state index < -0.39 is 0 Å². The van der Waals surface area contributed by atoms with E-state index in [2.05, 4.69) is 5.32 Å². The first-order valence-corrected chi connectivity index (χ1v) is 6.95. The summed E-state index contributed by atoms with van der Waals surface area (Å²) >= 11 is 0. The number of amides is 1. The molecule has 106 valence electrons. The summed E-state index contributed by atoms with van der Waals surface area (Å²) in [5, 5.41) is 3.92. The molecule has 0 aliphatic carbocycles. The molecular weight excluding hydrogens is 262 g/mol. The van der Waals surface area contributed by atoms with Crippen LogP contribution in [0.2, 0.25) is 0 Å². The molecule has 3 nitrogen and oxygen atoms in total. The van der Waals surface area contributed by atoms with Gasteiger partial charge in [-0.2, -0.15) is 0 Å². The second kappa shape index (κ2) is 5.44. The van der Waals surface area contributed by atoms with Gasteiger partial charge in [-0.1, -0.05) is 24.3 Å². The van der Waals surface area contributed by atoms with Crippen LogP contribution in [-0.2, 0) is 11.2 Å². The van der Waals surface area contributed by atoms with E-state index in [4.69, 9.17) is 4.42 Å². The van der Waals surface area contributed by atoms with Gasteiger partial charge in [0.1, 0.15) is 5.58 Å². The van der Waals surface area contributed by atoms with Crippen LogP contribution in [0, 0.1) is 13.8 Å². The summed E-state index contributed by atoms with van der Waals surface area (Å²) in [7, 11) is 0. The monoisotopic (exact) mass is 279 g/mol. The smallest absolute Gasteiger partial charge is 0.228 e. The molecule has 0 aliphatic heterocycles. The fourth-order valence-corrected chi connectivity index (χ4v) is 2.43. The normalized spacial score (nSPS) is 10.8. The van der Waals surface area contributed by atoms with Gasteiger partial charge in [-0.3, -0.25) is 4.79 Å². The van der Waals surface area contributed by atoms with Crippen LogP contribution in [0.1, 0.15) is 16.7 Å². The quantitative estimate of drug-likeness (QED) is 0.779. The van der Waals surface area contributed by atoms with Crippen molar-refractivity contribution in [2.24, 2.45) is 0 Å². The summed E-state index contributed by atoms with van der Waals surface area (Å²) in [6.45, 7) is 4.02. The molecule has 0 radical (unpaired) electrons. The lowest BCUT2D eigenvalue weighted by molar-refractivity contribution is -0.115. The predicted octanol–water partition coefficient (Wildman–Crippen LogP) is 4.23. The molecule has 0 atom stereocenters. The van der Waals surface area contributed by atoms with E-state index >= 15 is 0 Å². The number of rotatable bonds is 3. The van der Waals surface area contributed by atoms with Gasteiger partial charge in [-0.05, 0) is 43.2 Å². The van der Waals surface area contributed by atoms with Crippen molar-refractivity contribution in [3.8, 4) is 0 Å². The minimum absolute atomic E-state index is 0.0381. The molecule has 0 unspecified atom stereocenters. The van der Waals surface area contributed by atoms with E-state index in [1.165, 1.54) is 0 Å². The number of furan rings is 1. The molecule has 1 heterocycles. The Balaban J connectivity index is 1.77. The number of hydrogen-bond acceptors (Lipinski definition) is 2. The van der Waals surface area contributed by atoms with Gasteiger partial charge in [-0.25, -0.2) is 0 Å². The topological polar surface area (TPSA) is 42.2 Å². The summed E-state index contributed by atoms with van der Waals surface area (Å²) < 4.78 is 5.52. The molecule has 3 heteroatoms. The van der Waals surface area contributed by atoms with E-state index in [-0.39, 0.29) is 5.91 Å². The Bertz CT molecular complexity index is 802. The average Bonchev–Trinajstić information content (AvgIpc) is 2.81. The highest BCUT2D eigenvalue weighted by Gasteiger charge is 2.10. The van der Waals surface area contributed by atoms with Crippen LogP contribution in [0.5, 0.6) is 0 Å². The van der Waals surface area contributed by atoms with Crippen LogP contribution in [0.25, 0.3) is 11.0 Å². The van der Waals surface area contributed by atoms with Crippen LogP contribution >= 0.6 is 0 Å². The summed E-state index contributed by atoms with van der Waals surface area (Å²) in [4.78, 5) is 12.1. The zero-order valence-electron chi connectivity index (χ0n) is 12.1. The van der Waals surface area contributed by atoms with Gasteiger partial charge >= 0.3 is 0 Å². The van der Waals surface area contributed by atoms with Crippen molar-refractivity contribution in [2.75, 3.05) is 5.32 Å². The highest BCUT2D eigenvalue weighted by atomic mass is 16.3. The van der Waals surface area contributed by atoms with Gasteiger partial charge in [0.15, 0.2) is 0 Å². The first-order valence-electron chi connectivity index (χ1n) is 6.95. The van der Waals surface area contributed by atoms with Gasteiger partial charge in [0.05, 0.1) is 12.7 Å². The first-order chi connectivity index (χ1) is 10.1. The molecule has 1 amide bonds. The number of fused-ring (bicyclic) bond motifs is 1. The number of nitrogens with one attached hydrogen (secondary N) is 1. The third-order valence-corrected chi connectivity index (χ3v) is 3.46. The molecule has 1 N–H and O–H groups in total. The second-order valence-electron chi connectivity index (χ2n) is 5.35. The van der Waals surface area contributed by atoms with Crippen molar-refractivity contribution in [1.82, 2.24) is 0 Å². The molecule has 0 saturated heterocycles. The Hall–Kier alpha value is -2.55. The molecule has 0 fully saturated rings. The Morgan fingerprint density at radius 1 is 1.10 bits per heavy atom. The molecule has 2 aromatic carbocycles. The zero-order chi connectivity index (χ0) is 14.8. The Kier molecular flexibility index (Phi) is 3.48. The molecule has 21 heavy (non-hydrogen) atoms. The van der Waals surface area contributed by atoms with Crippen LogP contribution in [0.15, 0.2) is 53.1 Å². The van der Waals surface area contributed by atoms with Gasteiger partial charge in [0.2, 0.25) is 5.91 Å². The number of hydrogen-bond donors (Lipinski definition) is 1. The molecule has 1 aromatic heterocycles. The highest BCUT2D eigenvalue weighted by molar-refractivity contribution is 5.95. The molecule has 0 spiro atoms. The minimum Gasteiger partial charge on any atom is -0.464 e. The molecule has 3 rings (SSSR count). The van der Waals surface area contributed by atoms with Gasteiger partial charge in [0.25, 0.3) is 0 Å². The summed E-state index contributed by atoms with van der Waals surface area (Å²) in [5.74, 6) is -0.0381. The van der Waals surface area contributed by atoms with Crippen LogP contribution in [0.3, 0.4) is 0 Å². The van der Waals surface area contributed by atoms with Crippen molar-refractivity contribution in [3.63, 3.8) is 0 Å². The fraction of sp³-hybridized carbons (Fsp3) is 0.167.